The molecule has 2 fully saturated rings. The van der Waals surface area contributed by atoms with Gasteiger partial charge in [0.1, 0.15) is 0 Å². The second-order valence-corrected chi connectivity index (χ2v) is 10.4. The molecule has 0 aromatic heterocycles. The van der Waals surface area contributed by atoms with Gasteiger partial charge in [0.15, 0.2) is 0 Å². The molecule has 5 nitrogen and oxygen atoms in total. The van der Waals surface area contributed by atoms with Crippen LogP contribution >= 0.6 is 34.8 Å². The van der Waals surface area contributed by atoms with Crippen molar-refractivity contribution in [3.63, 3.8) is 0 Å². The smallest absolute Gasteiger partial charge is 0.225 e. The number of likely N-dealkylation sites (tertiary alicyclic amines) is 1. The van der Waals surface area contributed by atoms with E-state index in [1.54, 1.807) is 6.07 Å². The van der Waals surface area contributed by atoms with Crippen molar-refractivity contribution in [3.8, 4) is 0 Å². The third-order valence-electron chi connectivity index (χ3n) is 6.82. The van der Waals surface area contributed by atoms with Gasteiger partial charge in [0, 0.05) is 54.4 Å². The Morgan fingerprint density at radius 2 is 1.82 bits per heavy atom. The molecule has 2 aromatic carbocycles. The highest BCUT2D eigenvalue weighted by atomic mass is 35.5. The maximum absolute atomic E-state index is 13.0. The number of halogens is 3. The van der Waals surface area contributed by atoms with Crippen molar-refractivity contribution in [2.24, 2.45) is 5.92 Å². The number of anilines is 2. The minimum atomic E-state index is -0.0400. The number of amides is 1. The molecule has 1 amide bonds. The molecule has 2 aliphatic heterocycles. The molecule has 1 N–H and O–H groups in total. The molecule has 4 rings (SSSR count). The van der Waals surface area contributed by atoms with Crippen molar-refractivity contribution in [3.05, 3.63) is 57.0 Å². The van der Waals surface area contributed by atoms with Crippen LogP contribution in [-0.2, 0) is 9.53 Å². The summed E-state index contributed by atoms with van der Waals surface area (Å²) in [6.45, 7) is 7.99. The summed E-state index contributed by atoms with van der Waals surface area (Å²) in [4.78, 5) is 17.3. The maximum Gasteiger partial charge on any atom is 0.225 e. The average Bonchev–Trinajstić information content (AvgIpc) is 3.29. The molecule has 184 valence electrons. The van der Waals surface area contributed by atoms with Crippen LogP contribution in [0.15, 0.2) is 36.4 Å². The molecule has 2 atom stereocenters. The lowest BCUT2D eigenvalue weighted by atomic mass is 9.95. The van der Waals surface area contributed by atoms with Gasteiger partial charge in [0.25, 0.3) is 0 Å². The highest BCUT2D eigenvalue weighted by molar-refractivity contribution is 6.35. The molecule has 34 heavy (non-hydrogen) atoms. The third kappa shape index (κ3) is 5.93. The van der Waals surface area contributed by atoms with E-state index in [-0.39, 0.29) is 24.0 Å². The quantitative estimate of drug-likeness (QED) is 0.439. The van der Waals surface area contributed by atoms with Crippen LogP contribution in [0.25, 0.3) is 0 Å². The molecule has 0 saturated carbocycles. The number of piperidine rings is 1. The van der Waals surface area contributed by atoms with E-state index in [0.717, 1.165) is 62.4 Å². The van der Waals surface area contributed by atoms with E-state index in [1.807, 2.05) is 43.0 Å². The molecule has 0 bridgehead atoms. The van der Waals surface area contributed by atoms with Crippen molar-refractivity contribution < 1.29 is 9.53 Å². The topological polar surface area (TPSA) is 44.8 Å². The van der Waals surface area contributed by atoms with Crippen LogP contribution < -0.4 is 10.2 Å². The van der Waals surface area contributed by atoms with Gasteiger partial charge in [-0.1, -0.05) is 40.9 Å². The molecule has 2 aromatic rings. The Labute approximate surface area is 217 Å². The number of nitrogens with zero attached hydrogens (tertiary/aromatic N) is 2. The van der Waals surface area contributed by atoms with Gasteiger partial charge in [-0.3, -0.25) is 4.79 Å². The van der Waals surface area contributed by atoms with Gasteiger partial charge in [0.05, 0.1) is 22.9 Å². The Morgan fingerprint density at radius 3 is 2.53 bits per heavy atom. The van der Waals surface area contributed by atoms with Crippen LogP contribution in [0, 0.1) is 5.92 Å². The molecule has 2 unspecified atom stereocenters. The van der Waals surface area contributed by atoms with Crippen LogP contribution in [0.3, 0.4) is 0 Å². The normalized spacial score (nSPS) is 20.0. The Hall–Kier alpha value is -1.66. The maximum atomic E-state index is 13.0. The fourth-order valence-corrected chi connectivity index (χ4v) is 5.67. The number of ether oxygens (including phenoxy) is 1. The second kappa shape index (κ2) is 11.4. The van der Waals surface area contributed by atoms with Crippen molar-refractivity contribution in [2.45, 2.75) is 45.3 Å². The largest absolute Gasteiger partial charge is 0.377 e. The van der Waals surface area contributed by atoms with Gasteiger partial charge < -0.3 is 19.9 Å². The third-order valence-corrected chi connectivity index (χ3v) is 7.71. The highest BCUT2D eigenvalue weighted by Crippen LogP contribution is 2.34. The lowest BCUT2D eigenvalue weighted by Crippen LogP contribution is -2.42. The zero-order valence-electron chi connectivity index (χ0n) is 19.7. The Bertz CT molecular complexity index is 1010. The first-order valence-corrected chi connectivity index (χ1v) is 13.2. The number of carbonyl (C=O) groups is 1. The fraction of sp³-hybridized carbons (Fsp3) is 0.500. The standard InChI is InChI=1S/C26H32Cl3N3O2/c1-3-34-21-10-13-32(16-21)26(33)18-8-11-31(12-9-18)20-5-7-23(28)25(15-20)30-17(2)22-6-4-19(27)14-24(22)29/h4-7,14-15,17-18,21,30H,3,8-13,16H2,1-2H3. The van der Waals surface area contributed by atoms with E-state index in [9.17, 15) is 4.79 Å². The van der Waals surface area contributed by atoms with Crippen molar-refractivity contribution in [2.75, 3.05) is 43.0 Å². The summed E-state index contributed by atoms with van der Waals surface area (Å²) in [5.41, 5.74) is 2.92. The second-order valence-electron chi connectivity index (χ2n) is 9.11. The summed E-state index contributed by atoms with van der Waals surface area (Å²) in [5.74, 6) is 0.377. The molecule has 2 heterocycles. The van der Waals surface area contributed by atoms with E-state index >= 15 is 0 Å². The molecular formula is C26H32Cl3N3O2. The first-order valence-electron chi connectivity index (χ1n) is 12.0. The fourth-order valence-electron chi connectivity index (χ4n) is 4.93. The van der Waals surface area contributed by atoms with Crippen LogP contribution in [0.2, 0.25) is 15.1 Å². The lowest BCUT2D eigenvalue weighted by molar-refractivity contribution is -0.135. The van der Waals surface area contributed by atoms with Gasteiger partial charge in [0.2, 0.25) is 5.91 Å². The Kier molecular flexibility index (Phi) is 8.52. The predicted octanol–water partition coefficient (Wildman–Crippen LogP) is 6.67. The van der Waals surface area contributed by atoms with Crippen molar-refractivity contribution >= 4 is 52.1 Å². The number of hydrogen-bond donors (Lipinski definition) is 1. The van der Waals surface area contributed by atoms with Gasteiger partial charge in [-0.2, -0.15) is 0 Å². The highest BCUT2D eigenvalue weighted by Gasteiger charge is 2.33. The van der Waals surface area contributed by atoms with E-state index in [2.05, 4.69) is 16.3 Å². The number of benzene rings is 2. The number of rotatable bonds is 7. The Balaban J connectivity index is 1.36. The Morgan fingerprint density at radius 1 is 1.06 bits per heavy atom. The van der Waals surface area contributed by atoms with Gasteiger partial charge in [-0.05, 0) is 69.0 Å². The zero-order valence-corrected chi connectivity index (χ0v) is 22.0. The summed E-state index contributed by atoms with van der Waals surface area (Å²) in [6, 6.07) is 11.5. The van der Waals surface area contributed by atoms with Crippen LogP contribution in [0.5, 0.6) is 0 Å². The molecule has 2 aliphatic rings. The van der Waals surface area contributed by atoms with E-state index < -0.39 is 0 Å². The summed E-state index contributed by atoms with van der Waals surface area (Å²) in [6.07, 6.45) is 2.85. The van der Waals surface area contributed by atoms with Crippen molar-refractivity contribution in [1.82, 2.24) is 4.90 Å². The molecule has 8 heteroatoms. The average molecular weight is 525 g/mol. The molecule has 0 spiro atoms. The number of hydrogen-bond acceptors (Lipinski definition) is 4. The van der Waals surface area contributed by atoms with Crippen LogP contribution in [0.1, 0.15) is 44.7 Å². The molecular weight excluding hydrogens is 493 g/mol. The van der Waals surface area contributed by atoms with Crippen molar-refractivity contribution in [1.29, 1.82) is 0 Å². The minimum Gasteiger partial charge on any atom is -0.377 e. The van der Waals surface area contributed by atoms with Gasteiger partial charge >= 0.3 is 0 Å². The van der Waals surface area contributed by atoms with Gasteiger partial charge in [-0.25, -0.2) is 0 Å². The van der Waals surface area contributed by atoms with E-state index in [1.165, 1.54) is 0 Å². The summed E-state index contributed by atoms with van der Waals surface area (Å²) in [5, 5.41) is 5.38. The van der Waals surface area contributed by atoms with Crippen LogP contribution in [0.4, 0.5) is 11.4 Å². The summed E-state index contributed by atoms with van der Waals surface area (Å²) < 4.78 is 5.70. The SMILES string of the molecule is CCOC1CCN(C(=O)C2CCN(c3ccc(Cl)c(NC(C)c4ccc(Cl)cc4Cl)c3)CC2)C1. The molecule has 0 aliphatic carbocycles. The summed E-state index contributed by atoms with van der Waals surface area (Å²) >= 11 is 18.9. The molecule has 0 radical (unpaired) electrons. The first-order chi connectivity index (χ1) is 16.4. The number of nitrogens with one attached hydrogen (secondary N) is 1. The summed E-state index contributed by atoms with van der Waals surface area (Å²) in [7, 11) is 0. The minimum absolute atomic E-state index is 0.0400. The van der Waals surface area contributed by atoms with E-state index in [4.69, 9.17) is 39.5 Å². The van der Waals surface area contributed by atoms with E-state index in [0.29, 0.717) is 21.7 Å². The van der Waals surface area contributed by atoms with Gasteiger partial charge in [-0.15, -0.1) is 0 Å². The zero-order chi connectivity index (χ0) is 24.2. The monoisotopic (exact) mass is 523 g/mol. The first kappa shape index (κ1) is 25.4. The number of carbonyl (C=O) groups excluding carboxylic acids is 1. The molecule has 2 saturated heterocycles. The lowest BCUT2D eigenvalue weighted by Gasteiger charge is -2.35. The van der Waals surface area contributed by atoms with Crippen LogP contribution in [-0.4, -0.2) is 49.7 Å². The predicted molar refractivity (Wildman–Crippen MR) is 141 cm³/mol.